The maximum atomic E-state index is 13.7. The molecule has 2 aromatic heterocycles. The van der Waals surface area contributed by atoms with Gasteiger partial charge in [0.15, 0.2) is 5.01 Å². The van der Waals surface area contributed by atoms with Crippen molar-refractivity contribution >= 4 is 29.0 Å². The first-order valence-electron chi connectivity index (χ1n) is 12.5. The number of rotatable bonds is 7. The first-order chi connectivity index (χ1) is 16.9. The van der Waals surface area contributed by atoms with E-state index in [0.29, 0.717) is 16.6 Å². The Morgan fingerprint density at radius 1 is 1.26 bits per heavy atom. The van der Waals surface area contributed by atoms with Crippen LogP contribution in [0.2, 0.25) is 0 Å². The lowest BCUT2D eigenvalue weighted by Crippen LogP contribution is -2.42. The van der Waals surface area contributed by atoms with Gasteiger partial charge in [0, 0.05) is 29.9 Å². The summed E-state index contributed by atoms with van der Waals surface area (Å²) < 4.78 is 5.25. The van der Waals surface area contributed by atoms with E-state index in [2.05, 4.69) is 34.4 Å². The highest BCUT2D eigenvalue weighted by Gasteiger charge is 2.44. The molecule has 2 aromatic rings. The molecular weight excluding hydrogens is 466 g/mol. The summed E-state index contributed by atoms with van der Waals surface area (Å²) in [5.74, 6) is 0.268. The minimum absolute atomic E-state index is 0.106. The Morgan fingerprint density at radius 3 is 2.57 bits per heavy atom. The zero-order valence-electron chi connectivity index (χ0n) is 20.4. The third-order valence-corrected chi connectivity index (χ3v) is 8.53. The van der Waals surface area contributed by atoms with E-state index in [4.69, 9.17) is 4.74 Å². The highest BCUT2D eigenvalue weighted by atomic mass is 32.1. The van der Waals surface area contributed by atoms with Crippen molar-refractivity contribution in [3.63, 3.8) is 0 Å². The topological polar surface area (TPSA) is 117 Å². The number of carbonyl (C=O) groups excluding carboxylic acids is 2. The summed E-state index contributed by atoms with van der Waals surface area (Å²) in [5.41, 5.74) is 2.07. The lowest BCUT2D eigenvalue weighted by atomic mass is 10.0. The number of aryl methyl sites for hydroxylation is 1. The minimum Gasteiger partial charge on any atom is -0.388 e. The van der Waals surface area contributed by atoms with Gasteiger partial charge in [-0.25, -0.2) is 9.97 Å². The predicted octanol–water partition coefficient (Wildman–Crippen LogP) is 2.98. The fraction of sp³-hybridized carbons (Fsp3) is 0.600. The van der Waals surface area contributed by atoms with Crippen molar-refractivity contribution in [2.45, 2.75) is 83.1 Å². The molecule has 3 fully saturated rings. The number of amides is 2. The molecular formula is C25H33N5O4S. The van der Waals surface area contributed by atoms with Crippen molar-refractivity contribution < 1.29 is 19.4 Å². The number of aliphatic hydroxyl groups excluding tert-OH is 1. The van der Waals surface area contributed by atoms with E-state index in [1.54, 1.807) is 6.20 Å². The summed E-state index contributed by atoms with van der Waals surface area (Å²) >= 11 is 1.20. The second kappa shape index (κ2) is 9.83. The van der Waals surface area contributed by atoms with Crippen LogP contribution in [0.3, 0.4) is 0 Å². The van der Waals surface area contributed by atoms with Crippen LogP contribution in [0.5, 0.6) is 0 Å². The third-order valence-electron chi connectivity index (χ3n) is 7.44. The average molecular weight is 500 g/mol. The number of thiazole rings is 1. The molecule has 188 valence electrons. The van der Waals surface area contributed by atoms with Gasteiger partial charge in [-0.1, -0.05) is 6.92 Å². The number of hydrogen-bond donors (Lipinski definition) is 3. The van der Waals surface area contributed by atoms with Crippen LogP contribution in [0.25, 0.3) is 10.4 Å². The quantitative estimate of drug-likeness (QED) is 0.536. The largest absolute Gasteiger partial charge is 0.388 e. The molecule has 5 heterocycles. The normalized spacial score (nSPS) is 26.2. The number of fused-ring (bicyclic) bond motifs is 2. The van der Waals surface area contributed by atoms with Crippen LogP contribution in [-0.4, -0.2) is 75.3 Å². The Morgan fingerprint density at radius 2 is 1.97 bits per heavy atom. The lowest BCUT2D eigenvalue weighted by Gasteiger charge is -2.21. The Bertz CT molecular complexity index is 1100. The lowest BCUT2D eigenvalue weighted by molar-refractivity contribution is 0.0725. The van der Waals surface area contributed by atoms with E-state index in [-0.39, 0.29) is 36.2 Å². The van der Waals surface area contributed by atoms with Crippen LogP contribution in [0.15, 0.2) is 12.3 Å². The first kappa shape index (κ1) is 24.1. The van der Waals surface area contributed by atoms with E-state index in [1.165, 1.54) is 11.3 Å². The number of nitrogens with zero attached hydrogens (tertiary/aromatic N) is 3. The van der Waals surface area contributed by atoms with E-state index in [1.807, 2.05) is 17.9 Å². The molecule has 3 N–H and O–H groups in total. The average Bonchev–Trinajstić information content (AvgIpc) is 3.63. The molecule has 3 saturated heterocycles. The molecule has 10 heteroatoms. The molecule has 3 aliphatic rings. The molecule has 0 radical (unpaired) electrons. The molecule has 2 amide bonds. The summed E-state index contributed by atoms with van der Waals surface area (Å²) in [6.45, 7) is 6.65. The van der Waals surface area contributed by atoms with Gasteiger partial charge < -0.3 is 25.4 Å². The van der Waals surface area contributed by atoms with E-state index < -0.39 is 18.1 Å². The van der Waals surface area contributed by atoms with E-state index >= 15 is 0 Å². The zero-order chi connectivity index (χ0) is 24.7. The second-order valence-electron chi connectivity index (χ2n) is 9.89. The molecule has 0 spiro atoms. The summed E-state index contributed by atoms with van der Waals surface area (Å²) in [7, 11) is 0. The molecule has 3 aliphatic heterocycles. The number of anilines is 1. The van der Waals surface area contributed by atoms with Crippen LogP contribution in [0.1, 0.15) is 71.8 Å². The second-order valence-corrected chi connectivity index (χ2v) is 10.9. The molecule has 0 aliphatic carbocycles. The van der Waals surface area contributed by atoms with Crippen LogP contribution >= 0.6 is 11.3 Å². The smallest absolute Gasteiger partial charge is 0.280 e. The van der Waals surface area contributed by atoms with E-state index in [9.17, 15) is 14.7 Å². The fourth-order valence-corrected chi connectivity index (χ4v) is 6.28. The Labute approximate surface area is 209 Å². The van der Waals surface area contributed by atoms with Crippen molar-refractivity contribution in [2.75, 3.05) is 18.5 Å². The highest BCUT2D eigenvalue weighted by molar-refractivity contribution is 7.17. The van der Waals surface area contributed by atoms with Gasteiger partial charge in [-0.3, -0.25) is 9.59 Å². The molecule has 0 saturated carbocycles. The summed E-state index contributed by atoms with van der Waals surface area (Å²) in [6.07, 6.45) is 6.10. The molecule has 0 unspecified atom stereocenters. The maximum absolute atomic E-state index is 13.7. The molecule has 35 heavy (non-hydrogen) atoms. The molecule has 0 aromatic carbocycles. The van der Waals surface area contributed by atoms with Crippen LogP contribution in [-0.2, 0) is 4.74 Å². The monoisotopic (exact) mass is 499 g/mol. The molecule has 5 rings (SSSR count). The van der Waals surface area contributed by atoms with E-state index in [0.717, 1.165) is 49.0 Å². The van der Waals surface area contributed by atoms with Gasteiger partial charge >= 0.3 is 0 Å². The summed E-state index contributed by atoms with van der Waals surface area (Å²) in [4.78, 5) is 38.6. The van der Waals surface area contributed by atoms with Gasteiger partial charge in [-0.15, -0.1) is 11.3 Å². The van der Waals surface area contributed by atoms with Crippen LogP contribution in [0, 0.1) is 6.92 Å². The van der Waals surface area contributed by atoms with Crippen molar-refractivity contribution in [3.05, 3.63) is 28.5 Å². The van der Waals surface area contributed by atoms with Crippen molar-refractivity contribution in [1.29, 1.82) is 0 Å². The molecule has 3 atom stereocenters. The predicted molar refractivity (Wildman–Crippen MR) is 134 cm³/mol. The van der Waals surface area contributed by atoms with Gasteiger partial charge in [0.2, 0.25) is 0 Å². The number of ether oxygens (including phenoxy) is 1. The number of hydrogen-bond acceptors (Lipinski definition) is 8. The first-order valence-corrected chi connectivity index (χ1v) is 13.3. The fourth-order valence-electron chi connectivity index (χ4n) is 5.25. The zero-order valence-corrected chi connectivity index (χ0v) is 21.2. The summed E-state index contributed by atoms with van der Waals surface area (Å²) in [5, 5.41) is 16.4. The SMILES string of the molecule is CC[C@@H](C)Nc1cc(C)c(-c2sc(C(=O)N[C@H]3COC[C@@H]3O)nc2C(=O)N2C3CCC2CC3)cn1. The highest BCUT2D eigenvalue weighted by Crippen LogP contribution is 2.41. The molecule has 2 bridgehead atoms. The Hall–Kier alpha value is -2.56. The standard InChI is InChI=1S/C25H33N5O4S/c1-4-14(3)27-20-9-13(2)17(10-26-20)22-21(25(33)30-15-5-6-16(30)8-7-15)29-24(35-22)23(32)28-18-11-34-12-19(18)31/h9-10,14-16,18-19,31H,4-8,11-12H2,1-3H3,(H,26,27)(H,28,32)/t14-,15?,16?,18+,19+/m1/s1. The van der Waals surface area contributed by atoms with Gasteiger partial charge in [0.05, 0.1) is 30.2 Å². The van der Waals surface area contributed by atoms with Gasteiger partial charge in [0.1, 0.15) is 11.5 Å². The van der Waals surface area contributed by atoms with Gasteiger partial charge in [0.25, 0.3) is 11.8 Å². The van der Waals surface area contributed by atoms with Crippen molar-refractivity contribution in [3.8, 4) is 10.4 Å². The maximum Gasteiger partial charge on any atom is 0.280 e. The number of aliphatic hydroxyl groups is 1. The minimum atomic E-state index is -0.753. The Kier molecular flexibility index (Phi) is 6.78. The number of pyridine rings is 1. The van der Waals surface area contributed by atoms with Crippen LogP contribution in [0.4, 0.5) is 5.82 Å². The van der Waals surface area contributed by atoms with Gasteiger partial charge in [-0.2, -0.15) is 0 Å². The Balaban J connectivity index is 1.49. The van der Waals surface area contributed by atoms with Crippen molar-refractivity contribution in [1.82, 2.24) is 20.2 Å². The number of aromatic nitrogens is 2. The molecule has 9 nitrogen and oxygen atoms in total. The number of nitrogens with one attached hydrogen (secondary N) is 2. The third kappa shape index (κ3) is 4.66. The number of carbonyl (C=O) groups is 2. The van der Waals surface area contributed by atoms with Gasteiger partial charge in [-0.05, 0) is 57.6 Å². The van der Waals surface area contributed by atoms with Crippen LogP contribution < -0.4 is 10.6 Å². The summed E-state index contributed by atoms with van der Waals surface area (Å²) in [6, 6.07) is 2.29. The van der Waals surface area contributed by atoms with Crippen molar-refractivity contribution in [2.24, 2.45) is 0 Å².